The summed E-state index contributed by atoms with van der Waals surface area (Å²) in [4.78, 5) is 18.6. The van der Waals surface area contributed by atoms with E-state index >= 15 is 0 Å². The Morgan fingerprint density at radius 2 is 1.94 bits per heavy atom. The second-order valence-electron chi connectivity index (χ2n) is 8.19. The van der Waals surface area contributed by atoms with Gasteiger partial charge in [-0.25, -0.2) is 4.68 Å². The Hall–Kier alpha value is -3.56. The average molecular weight is 447 g/mol. The molecule has 9 heteroatoms. The van der Waals surface area contributed by atoms with E-state index in [1.165, 1.54) is 0 Å². The monoisotopic (exact) mass is 446 g/mol. The van der Waals surface area contributed by atoms with E-state index in [0.29, 0.717) is 44.2 Å². The molecule has 170 valence electrons. The maximum atomic E-state index is 13.3. The Labute approximate surface area is 190 Å². The molecule has 0 saturated carbocycles. The van der Waals surface area contributed by atoms with Gasteiger partial charge in [0, 0.05) is 18.7 Å². The lowest BCUT2D eigenvalue weighted by atomic mass is 10.0. The van der Waals surface area contributed by atoms with Gasteiger partial charge in [-0.05, 0) is 52.1 Å². The van der Waals surface area contributed by atoms with Gasteiger partial charge in [0.2, 0.25) is 0 Å². The summed E-state index contributed by atoms with van der Waals surface area (Å²) in [6.45, 7) is 5.05. The molecular formula is C24H26N6O3. The number of pyridine rings is 1. The number of aromatic amines is 1. The lowest BCUT2D eigenvalue weighted by molar-refractivity contribution is 0.0214. The number of H-pyrrole nitrogens is 1. The minimum absolute atomic E-state index is 0.132. The van der Waals surface area contributed by atoms with Crippen molar-refractivity contribution in [3.63, 3.8) is 0 Å². The third kappa shape index (κ3) is 4.24. The molecule has 1 saturated heterocycles. The first-order valence-electron chi connectivity index (χ1n) is 11.0. The zero-order valence-corrected chi connectivity index (χ0v) is 18.7. The van der Waals surface area contributed by atoms with E-state index in [0.717, 1.165) is 27.8 Å². The molecule has 1 aliphatic heterocycles. The first-order valence-corrected chi connectivity index (χ1v) is 11.0. The fraction of sp³-hybridized carbons (Fsp3) is 0.333. The maximum Gasteiger partial charge on any atom is 0.253 e. The molecule has 2 aromatic carbocycles. The van der Waals surface area contributed by atoms with E-state index in [1.54, 1.807) is 11.8 Å². The molecule has 2 aromatic heterocycles. The van der Waals surface area contributed by atoms with Crippen LogP contribution in [-0.4, -0.2) is 63.5 Å². The molecule has 0 aliphatic carbocycles. The van der Waals surface area contributed by atoms with E-state index in [2.05, 4.69) is 25.4 Å². The van der Waals surface area contributed by atoms with Gasteiger partial charge in [-0.15, -0.1) is 5.10 Å². The normalized spacial score (nSPS) is 15.6. The lowest BCUT2D eigenvalue weighted by Crippen LogP contribution is -2.42. The molecule has 0 spiro atoms. The third-order valence-corrected chi connectivity index (χ3v) is 6.12. The van der Waals surface area contributed by atoms with Crippen molar-refractivity contribution in [1.29, 1.82) is 0 Å². The number of methoxy groups -OCH3 is 1. The summed E-state index contributed by atoms with van der Waals surface area (Å²) in [5.74, 6) is 1.42. The van der Waals surface area contributed by atoms with Crippen LogP contribution in [-0.2, 0) is 11.3 Å². The molecule has 0 amide bonds. The van der Waals surface area contributed by atoms with Crippen molar-refractivity contribution >= 4 is 10.9 Å². The summed E-state index contributed by atoms with van der Waals surface area (Å²) in [7, 11) is 1.64. The summed E-state index contributed by atoms with van der Waals surface area (Å²) in [6.07, 6.45) is 0. The number of aryl methyl sites for hydroxylation is 1. The Bertz CT molecular complexity index is 1310. The minimum Gasteiger partial charge on any atom is -0.497 e. The van der Waals surface area contributed by atoms with E-state index in [9.17, 15) is 4.79 Å². The highest BCUT2D eigenvalue weighted by atomic mass is 16.5. The minimum atomic E-state index is -0.393. The van der Waals surface area contributed by atoms with Gasteiger partial charge >= 0.3 is 0 Å². The van der Waals surface area contributed by atoms with Gasteiger partial charge in [-0.3, -0.25) is 9.69 Å². The number of fused-ring (bicyclic) bond motifs is 1. The molecule has 1 aliphatic rings. The molecular weight excluding hydrogens is 420 g/mol. The van der Waals surface area contributed by atoms with Crippen molar-refractivity contribution in [2.45, 2.75) is 19.5 Å². The highest BCUT2D eigenvalue weighted by Gasteiger charge is 2.31. The van der Waals surface area contributed by atoms with Gasteiger partial charge in [0.25, 0.3) is 5.56 Å². The fourth-order valence-corrected chi connectivity index (χ4v) is 4.36. The molecule has 9 nitrogen and oxygen atoms in total. The molecule has 1 fully saturated rings. The molecule has 0 radical (unpaired) electrons. The summed E-state index contributed by atoms with van der Waals surface area (Å²) in [5, 5.41) is 13.6. The summed E-state index contributed by atoms with van der Waals surface area (Å²) in [5.41, 5.74) is 3.41. The molecule has 1 N–H and O–H groups in total. The van der Waals surface area contributed by atoms with Crippen LogP contribution >= 0.6 is 0 Å². The average Bonchev–Trinajstić information content (AvgIpc) is 3.29. The molecule has 33 heavy (non-hydrogen) atoms. The van der Waals surface area contributed by atoms with Crippen LogP contribution in [0.1, 0.15) is 28.6 Å². The van der Waals surface area contributed by atoms with Gasteiger partial charge in [-0.2, -0.15) is 0 Å². The Morgan fingerprint density at radius 1 is 1.15 bits per heavy atom. The van der Waals surface area contributed by atoms with Gasteiger partial charge in [-0.1, -0.05) is 30.3 Å². The van der Waals surface area contributed by atoms with Crippen LogP contribution in [0.2, 0.25) is 0 Å². The predicted octanol–water partition coefficient (Wildman–Crippen LogP) is 2.30. The molecule has 1 atom stereocenters. The van der Waals surface area contributed by atoms with E-state index in [4.69, 9.17) is 9.47 Å². The van der Waals surface area contributed by atoms with Crippen LogP contribution in [0.5, 0.6) is 5.75 Å². The highest BCUT2D eigenvalue weighted by molar-refractivity contribution is 5.82. The fourth-order valence-electron chi connectivity index (χ4n) is 4.36. The zero-order chi connectivity index (χ0) is 22.8. The molecule has 0 unspecified atom stereocenters. The molecule has 4 aromatic rings. The number of hydrogen-bond donors (Lipinski definition) is 1. The van der Waals surface area contributed by atoms with Crippen LogP contribution in [0.3, 0.4) is 0 Å². The van der Waals surface area contributed by atoms with Gasteiger partial charge in [0.1, 0.15) is 11.8 Å². The van der Waals surface area contributed by atoms with Gasteiger partial charge in [0.05, 0.1) is 32.4 Å². The SMILES string of the molecule is COc1ccc(Cn2nnnc2[C@H](c2cc3cccc(C)c3[nH]c2=O)N2CCOCC2)cc1. The third-order valence-electron chi connectivity index (χ3n) is 6.12. The van der Waals surface area contributed by atoms with Crippen molar-refractivity contribution in [3.05, 3.63) is 81.4 Å². The van der Waals surface area contributed by atoms with Crippen molar-refractivity contribution in [2.24, 2.45) is 0 Å². The lowest BCUT2D eigenvalue weighted by Gasteiger charge is -2.33. The van der Waals surface area contributed by atoms with Crippen molar-refractivity contribution in [3.8, 4) is 5.75 Å². The quantitative estimate of drug-likeness (QED) is 0.485. The van der Waals surface area contributed by atoms with Crippen LogP contribution < -0.4 is 10.3 Å². The van der Waals surface area contributed by atoms with E-state index in [-0.39, 0.29) is 5.56 Å². The second-order valence-corrected chi connectivity index (χ2v) is 8.19. The topological polar surface area (TPSA) is 98.2 Å². The summed E-state index contributed by atoms with van der Waals surface area (Å²) >= 11 is 0. The molecule has 0 bridgehead atoms. The van der Waals surface area contributed by atoms with Crippen molar-refractivity contribution in [1.82, 2.24) is 30.1 Å². The van der Waals surface area contributed by atoms with Crippen LogP contribution in [0.4, 0.5) is 0 Å². The standard InChI is InChI=1S/C24H26N6O3/c1-16-4-3-5-18-14-20(24(31)25-21(16)18)22(29-10-12-33-13-11-29)23-26-27-28-30(23)15-17-6-8-19(32-2)9-7-17/h3-9,14,22H,10-13,15H2,1-2H3,(H,25,31)/t22-/m0/s1. The van der Waals surface area contributed by atoms with Crippen LogP contribution in [0.15, 0.2) is 53.3 Å². The highest BCUT2D eigenvalue weighted by Crippen LogP contribution is 2.28. The predicted molar refractivity (Wildman–Crippen MR) is 123 cm³/mol. The van der Waals surface area contributed by atoms with Crippen molar-refractivity contribution in [2.75, 3.05) is 33.4 Å². The van der Waals surface area contributed by atoms with Gasteiger partial charge in [0.15, 0.2) is 5.82 Å². The number of morpholine rings is 1. The first kappa shape index (κ1) is 21.3. The number of benzene rings is 2. The number of aromatic nitrogens is 5. The van der Waals surface area contributed by atoms with E-state index in [1.807, 2.05) is 55.5 Å². The van der Waals surface area contributed by atoms with E-state index < -0.39 is 6.04 Å². The molecule has 5 rings (SSSR count). The number of para-hydroxylation sites is 1. The smallest absolute Gasteiger partial charge is 0.253 e. The Morgan fingerprint density at radius 3 is 2.70 bits per heavy atom. The summed E-state index contributed by atoms with van der Waals surface area (Å²) < 4.78 is 12.6. The molecule has 3 heterocycles. The number of ether oxygens (including phenoxy) is 2. The Balaban J connectivity index is 1.59. The number of nitrogens with zero attached hydrogens (tertiary/aromatic N) is 5. The number of tetrazole rings is 1. The Kier molecular flexibility index (Phi) is 5.89. The number of nitrogens with one attached hydrogen (secondary N) is 1. The van der Waals surface area contributed by atoms with Crippen molar-refractivity contribution < 1.29 is 9.47 Å². The number of rotatable bonds is 6. The van der Waals surface area contributed by atoms with Crippen LogP contribution in [0, 0.1) is 6.92 Å². The maximum absolute atomic E-state index is 13.3. The number of hydrogen-bond acceptors (Lipinski definition) is 7. The second kappa shape index (κ2) is 9.13. The first-order chi connectivity index (χ1) is 16.1. The van der Waals surface area contributed by atoms with Crippen LogP contribution in [0.25, 0.3) is 10.9 Å². The van der Waals surface area contributed by atoms with Gasteiger partial charge < -0.3 is 14.5 Å². The largest absolute Gasteiger partial charge is 0.497 e. The summed E-state index contributed by atoms with van der Waals surface area (Å²) in [6, 6.07) is 15.4. The zero-order valence-electron chi connectivity index (χ0n) is 18.7.